The highest BCUT2D eigenvalue weighted by Gasteiger charge is 2.25. The summed E-state index contributed by atoms with van der Waals surface area (Å²) in [6, 6.07) is 36.7. The lowest BCUT2D eigenvalue weighted by atomic mass is 9.91. The number of fused-ring (bicyclic) bond motifs is 1. The van der Waals surface area contributed by atoms with Crippen LogP contribution in [0.3, 0.4) is 0 Å². The number of carbonyl (C=O) groups is 1. The first-order valence-corrected chi connectivity index (χ1v) is 15.1. The molecule has 1 N–H and O–H groups in total. The number of thioether (sulfide) groups is 1. The van der Waals surface area contributed by atoms with E-state index in [2.05, 4.69) is 47.0 Å². The minimum atomic E-state index is -0.944. The number of imidazole rings is 1. The predicted octanol–water partition coefficient (Wildman–Crippen LogP) is 8.10. The molecule has 0 aliphatic heterocycles. The summed E-state index contributed by atoms with van der Waals surface area (Å²) in [4.78, 5) is 17.4. The van der Waals surface area contributed by atoms with E-state index in [0.717, 1.165) is 58.2 Å². The van der Waals surface area contributed by atoms with Crippen molar-refractivity contribution in [2.24, 2.45) is 0 Å². The van der Waals surface area contributed by atoms with Gasteiger partial charge in [0.2, 0.25) is 0 Å². The van der Waals surface area contributed by atoms with Crippen LogP contribution in [0.4, 0.5) is 0 Å². The molecule has 0 spiro atoms. The van der Waals surface area contributed by atoms with Crippen molar-refractivity contribution < 1.29 is 14.6 Å². The van der Waals surface area contributed by atoms with Gasteiger partial charge in [-0.2, -0.15) is 0 Å². The lowest BCUT2D eigenvalue weighted by Crippen LogP contribution is -2.28. The summed E-state index contributed by atoms with van der Waals surface area (Å²) in [6.07, 6.45) is 3.66. The number of para-hydroxylation sites is 1. The number of carboxylic acid groups (broad SMARTS) is 1. The van der Waals surface area contributed by atoms with Crippen LogP contribution in [0.2, 0.25) is 0 Å². The molecule has 5 nitrogen and oxygen atoms in total. The fraction of sp³-hybridized carbons (Fsp3) is 0.200. The molecule has 5 aromatic rings. The quantitative estimate of drug-likeness (QED) is 0.175. The summed E-state index contributed by atoms with van der Waals surface area (Å²) in [5.41, 5.74) is 7.44. The lowest BCUT2D eigenvalue weighted by Gasteiger charge is -2.22. The van der Waals surface area contributed by atoms with E-state index in [-0.39, 0.29) is 0 Å². The third-order valence-corrected chi connectivity index (χ3v) is 8.44. The van der Waals surface area contributed by atoms with Crippen LogP contribution in [-0.4, -0.2) is 32.5 Å². The van der Waals surface area contributed by atoms with E-state index < -0.39 is 12.1 Å². The average Bonchev–Trinajstić information content (AvgIpc) is 3.41. The van der Waals surface area contributed by atoms with Gasteiger partial charge >= 0.3 is 5.97 Å². The summed E-state index contributed by atoms with van der Waals surface area (Å²) >= 11 is 1.56. The molecule has 1 aromatic heterocycles. The topological polar surface area (TPSA) is 64.3 Å². The summed E-state index contributed by atoms with van der Waals surface area (Å²) in [5.74, 6) is 0.307. The van der Waals surface area contributed by atoms with Gasteiger partial charge in [-0.1, -0.05) is 103 Å². The number of carboxylic acids is 1. The number of aromatic nitrogens is 2. The minimum Gasteiger partial charge on any atom is -0.479 e. The maximum atomic E-state index is 12.3. The monoisotopic (exact) mass is 560 g/mol. The van der Waals surface area contributed by atoms with Gasteiger partial charge in [-0.25, -0.2) is 9.78 Å². The van der Waals surface area contributed by atoms with Gasteiger partial charge in [0.15, 0.2) is 11.3 Å². The Balaban J connectivity index is 1.32. The summed E-state index contributed by atoms with van der Waals surface area (Å²) < 4.78 is 8.34. The Hall–Kier alpha value is -4.29. The fourth-order valence-corrected chi connectivity index (χ4v) is 6.47. The van der Waals surface area contributed by atoms with Crippen molar-refractivity contribution in [2.75, 3.05) is 5.75 Å². The van der Waals surface area contributed by atoms with Crippen LogP contribution < -0.4 is 4.74 Å². The van der Waals surface area contributed by atoms with Crippen molar-refractivity contribution in [1.29, 1.82) is 0 Å². The van der Waals surface area contributed by atoms with E-state index in [1.807, 2.05) is 66.7 Å². The molecule has 0 saturated heterocycles. The smallest absolute Gasteiger partial charge is 0.344 e. The third-order valence-electron chi connectivity index (χ3n) is 7.46. The van der Waals surface area contributed by atoms with E-state index in [1.165, 1.54) is 12.0 Å². The molecule has 0 amide bonds. The van der Waals surface area contributed by atoms with E-state index in [4.69, 9.17) is 9.72 Å². The fourth-order valence-electron chi connectivity index (χ4n) is 5.47. The van der Waals surface area contributed by atoms with E-state index in [1.54, 1.807) is 11.8 Å². The van der Waals surface area contributed by atoms with Crippen molar-refractivity contribution >= 4 is 17.7 Å². The number of hydrogen-bond acceptors (Lipinski definition) is 4. The van der Waals surface area contributed by atoms with Crippen molar-refractivity contribution in [2.45, 2.75) is 43.4 Å². The SMILES string of the molecule is O=C(O)C(CCSc1nc(-c2ccccc2)c(-c2ccccc2)n1-c1ccccc1)Oc1cccc2c1CCCC2. The Morgan fingerprint density at radius 1 is 0.829 bits per heavy atom. The molecule has 206 valence electrons. The number of nitrogens with zero attached hydrogens (tertiary/aromatic N) is 2. The summed E-state index contributed by atoms with van der Waals surface area (Å²) in [5, 5.41) is 10.9. The average molecular weight is 561 g/mol. The zero-order valence-corrected chi connectivity index (χ0v) is 23.6. The molecule has 0 bridgehead atoms. The van der Waals surface area contributed by atoms with Gasteiger partial charge in [0.05, 0.1) is 11.4 Å². The predicted molar refractivity (Wildman–Crippen MR) is 165 cm³/mol. The first-order chi connectivity index (χ1) is 20.2. The van der Waals surface area contributed by atoms with Gasteiger partial charge < -0.3 is 9.84 Å². The van der Waals surface area contributed by atoms with Crippen molar-refractivity contribution in [3.63, 3.8) is 0 Å². The molecule has 6 heteroatoms. The Morgan fingerprint density at radius 2 is 1.49 bits per heavy atom. The largest absolute Gasteiger partial charge is 0.479 e. The Kier molecular flexibility index (Phi) is 8.19. The van der Waals surface area contributed by atoms with Crippen LogP contribution >= 0.6 is 11.8 Å². The summed E-state index contributed by atoms with van der Waals surface area (Å²) in [7, 11) is 0. The van der Waals surface area contributed by atoms with Crippen LogP contribution in [0.1, 0.15) is 30.4 Å². The van der Waals surface area contributed by atoms with Gasteiger partial charge in [-0.3, -0.25) is 4.57 Å². The molecule has 1 unspecified atom stereocenters. The number of aryl methyl sites for hydroxylation is 1. The highest BCUT2D eigenvalue weighted by molar-refractivity contribution is 7.99. The highest BCUT2D eigenvalue weighted by atomic mass is 32.2. The number of benzene rings is 4. The first kappa shape index (κ1) is 26.9. The Bertz CT molecular complexity index is 1620. The zero-order chi connectivity index (χ0) is 28.0. The van der Waals surface area contributed by atoms with Crippen LogP contribution in [0.5, 0.6) is 5.75 Å². The normalized spacial score (nSPS) is 13.4. The van der Waals surface area contributed by atoms with Crippen LogP contribution in [0.15, 0.2) is 114 Å². The highest BCUT2D eigenvalue weighted by Crippen LogP contribution is 2.38. The molecule has 0 fully saturated rings. The van der Waals surface area contributed by atoms with Crippen LogP contribution in [0.25, 0.3) is 28.2 Å². The second-order valence-electron chi connectivity index (χ2n) is 10.2. The second kappa shape index (κ2) is 12.5. The van der Waals surface area contributed by atoms with Crippen LogP contribution in [0, 0.1) is 0 Å². The molecule has 0 saturated carbocycles. The second-order valence-corrected chi connectivity index (χ2v) is 11.2. The van der Waals surface area contributed by atoms with Crippen LogP contribution in [-0.2, 0) is 17.6 Å². The van der Waals surface area contributed by atoms with Gasteiger partial charge in [0.25, 0.3) is 0 Å². The van der Waals surface area contributed by atoms with E-state index in [0.29, 0.717) is 17.9 Å². The van der Waals surface area contributed by atoms with Gasteiger partial charge in [0, 0.05) is 29.0 Å². The maximum Gasteiger partial charge on any atom is 0.344 e. The molecule has 1 heterocycles. The van der Waals surface area contributed by atoms with Gasteiger partial charge in [0.1, 0.15) is 5.75 Å². The summed E-state index contributed by atoms with van der Waals surface area (Å²) in [6.45, 7) is 0. The Morgan fingerprint density at radius 3 is 2.20 bits per heavy atom. The molecule has 41 heavy (non-hydrogen) atoms. The molecular formula is C35H32N2O3S. The number of rotatable bonds is 10. The number of aliphatic carboxylic acids is 1. The maximum absolute atomic E-state index is 12.3. The standard InChI is InChI=1S/C35H32N2O3S/c38-34(39)31(40-30-22-12-18-25-13-10-11-21-29(25)30)23-24-41-35-36-32(26-14-4-1-5-15-26)33(27-16-6-2-7-17-27)37(35)28-19-8-3-9-20-28/h1-9,12,14-20,22,31H,10-11,13,21,23-24H2,(H,38,39). The van der Waals surface area contributed by atoms with E-state index >= 15 is 0 Å². The number of ether oxygens (including phenoxy) is 1. The molecular weight excluding hydrogens is 528 g/mol. The minimum absolute atomic E-state index is 0.354. The molecule has 0 radical (unpaired) electrons. The van der Waals surface area contributed by atoms with E-state index in [9.17, 15) is 9.90 Å². The van der Waals surface area contributed by atoms with Gasteiger partial charge in [-0.05, 0) is 55.0 Å². The van der Waals surface area contributed by atoms with Crippen molar-refractivity contribution in [3.05, 3.63) is 120 Å². The zero-order valence-electron chi connectivity index (χ0n) is 22.8. The number of hydrogen-bond donors (Lipinski definition) is 1. The molecule has 6 rings (SSSR count). The molecule has 1 atom stereocenters. The molecule has 1 aliphatic carbocycles. The third kappa shape index (κ3) is 5.93. The van der Waals surface area contributed by atoms with Crippen molar-refractivity contribution in [1.82, 2.24) is 9.55 Å². The molecule has 4 aromatic carbocycles. The van der Waals surface area contributed by atoms with Gasteiger partial charge in [-0.15, -0.1) is 0 Å². The molecule has 1 aliphatic rings. The van der Waals surface area contributed by atoms with Crippen molar-refractivity contribution in [3.8, 4) is 34.0 Å². The Labute approximate surface area is 244 Å². The lowest BCUT2D eigenvalue weighted by molar-refractivity contribution is -0.145. The first-order valence-electron chi connectivity index (χ1n) is 14.1.